The molecule has 134 valence electrons. The van der Waals surface area contributed by atoms with Gasteiger partial charge in [0.25, 0.3) is 0 Å². The minimum Gasteiger partial charge on any atom is -0.463 e. The summed E-state index contributed by atoms with van der Waals surface area (Å²) in [6, 6.07) is 16.3. The molecule has 0 saturated carbocycles. The SMILES string of the molecule is COC(=O)c1nc2ccc(N3CCNCC3)cc2n1Cc1ccccc1. The van der Waals surface area contributed by atoms with E-state index in [0.29, 0.717) is 12.4 Å². The number of fused-ring (bicyclic) bond motifs is 1. The maximum absolute atomic E-state index is 12.3. The minimum absolute atomic E-state index is 0.337. The Morgan fingerprint density at radius 2 is 1.92 bits per heavy atom. The highest BCUT2D eigenvalue weighted by atomic mass is 16.5. The Bertz CT molecular complexity index is 914. The molecule has 26 heavy (non-hydrogen) atoms. The Morgan fingerprint density at radius 3 is 2.65 bits per heavy atom. The van der Waals surface area contributed by atoms with Crippen LogP contribution in [0.25, 0.3) is 11.0 Å². The molecule has 1 aliphatic rings. The van der Waals surface area contributed by atoms with Gasteiger partial charge >= 0.3 is 5.97 Å². The first-order chi connectivity index (χ1) is 12.8. The molecule has 0 spiro atoms. The first kappa shape index (κ1) is 16.6. The number of hydrogen-bond acceptors (Lipinski definition) is 5. The average Bonchev–Trinajstić information content (AvgIpc) is 3.06. The van der Waals surface area contributed by atoms with Crippen LogP contribution in [0.3, 0.4) is 0 Å². The molecule has 4 rings (SSSR count). The number of aromatic nitrogens is 2. The van der Waals surface area contributed by atoms with Gasteiger partial charge in [-0.15, -0.1) is 0 Å². The van der Waals surface area contributed by atoms with Crippen LogP contribution in [0, 0.1) is 0 Å². The van der Waals surface area contributed by atoms with Crippen LogP contribution in [0.5, 0.6) is 0 Å². The number of ether oxygens (including phenoxy) is 1. The molecule has 6 heteroatoms. The van der Waals surface area contributed by atoms with E-state index in [1.165, 1.54) is 7.11 Å². The molecule has 1 aliphatic heterocycles. The normalized spacial score (nSPS) is 14.6. The first-order valence-corrected chi connectivity index (χ1v) is 8.84. The number of anilines is 1. The summed E-state index contributed by atoms with van der Waals surface area (Å²) in [4.78, 5) is 19.1. The maximum Gasteiger partial charge on any atom is 0.374 e. The monoisotopic (exact) mass is 350 g/mol. The van der Waals surface area contributed by atoms with E-state index < -0.39 is 5.97 Å². The highest BCUT2D eigenvalue weighted by Gasteiger charge is 2.20. The van der Waals surface area contributed by atoms with Crippen molar-refractivity contribution in [3.8, 4) is 0 Å². The van der Waals surface area contributed by atoms with Gasteiger partial charge in [-0.25, -0.2) is 9.78 Å². The maximum atomic E-state index is 12.3. The summed E-state index contributed by atoms with van der Waals surface area (Å²) in [7, 11) is 1.39. The van der Waals surface area contributed by atoms with Gasteiger partial charge < -0.3 is 19.5 Å². The van der Waals surface area contributed by atoms with Crippen molar-refractivity contribution in [3.63, 3.8) is 0 Å². The molecule has 0 bridgehead atoms. The van der Waals surface area contributed by atoms with Gasteiger partial charge in [0.1, 0.15) is 0 Å². The van der Waals surface area contributed by atoms with Gasteiger partial charge in [-0.1, -0.05) is 30.3 Å². The van der Waals surface area contributed by atoms with Crippen molar-refractivity contribution in [2.24, 2.45) is 0 Å². The average molecular weight is 350 g/mol. The topological polar surface area (TPSA) is 59.4 Å². The summed E-state index contributed by atoms with van der Waals surface area (Å²) in [5.74, 6) is -0.0790. The Hall–Kier alpha value is -2.86. The second-order valence-electron chi connectivity index (χ2n) is 6.41. The lowest BCUT2D eigenvalue weighted by atomic mass is 10.2. The Balaban J connectivity index is 1.80. The number of piperazine rings is 1. The highest BCUT2D eigenvalue weighted by molar-refractivity contribution is 5.92. The van der Waals surface area contributed by atoms with E-state index in [1.807, 2.05) is 41.0 Å². The smallest absolute Gasteiger partial charge is 0.374 e. The number of nitrogens with zero attached hydrogens (tertiary/aromatic N) is 3. The van der Waals surface area contributed by atoms with Crippen molar-refractivity contribution in [2.75, 3.05) is 38.2 Å². The van der Waals surface area contributed by atoms with Gasteiger partial charge in [-0.3, -0.25) is 0 Å². The summed E-state index contributed by atoms with van der Waals surface area (Å²) in [6.45, 7) is 4.49. The molecular weight excluding hydrogens is 328 g/mol. The Labute approximate surface area is 152 Å². The zero-order valence-electron chi connectivity index (χ0n) is 14.8. The van der Waals surface area contributed by atoms with Crippen LogP contribution in [-0.2, 0) is 11.3 Å². The van der Waals surface area contributed by atoms with Crippen LogP contribution >= 0.6 is 0 Å². The van der Waals surface area contributed by atoms with Crippen LogP contribution in [0.1, 0.15) is 16.2 Å². The zero-order valence-corrected chi connectivity index (χ0v) is 14.8. The predicted octanol–water partition coefficient (Wildman–Crippen LogP) is 2.28. The molecule has 1 saturated heterocycles. The van der Waals surface area contributed by atoms with E-state index in [2.05, 4.69) is 27.3 Å². The van der Waals surface area contributed by atoms with Gasteiger partial charge in [0, 0.05) is 38.4 Å². The van der Waals surface area contributed by atoms with Crippen LogP contribution in [0.2, 0.25) is 0 Å². The van der Waals surface area contributed by atoms with Crippen molar-refractivity contribution in [3.05, 3.63) is 59.9 Å². The van der Waals surface area contributed by atoms with Gasteiger partial charge in [-0.2, -0.15) is 0 Å². The largest absolute Gasteiger partial charge is 0.463 e. The number of imidazole rings is 1. The molecule has 3 aromatic rings. The van der Waals surface area contributed by atoms with Gasteiger partial charge in [0.15, 0.2) is 0 Å². The number of hydrogen-bond donors (Lipinski definition) is 1. The highest BCUT2D eigenvalue weighted by Crippen LogP contribution is 2.25. The number of benzene rings is 2. The minimum atomic E-state index is -0.416. The van der Waals surface area contributed by atoms with Crippen molar-refractivity contribution < 1.29 is 9.53 Å². The molecule has 0 atom stereocenters. The molecule has 0 amide bonds. The second kappa shape index (κ2) is 7.17. The van der Waals surface area contributed by atoms with E-state index >= 15 is 0 Å². The van der Waals surface area contributed by atoms with E-state index in [0.717, 1.165) is 48.5 Å². The molecule has 1 N–H and O–H groups in total. The third kappa shape index (κ3) is 3.15. The van der Waals surface area contributed by atoms with E-state index in [1.54, 1.807) is 0 Å². The molecular formula is C20H22N4O2. The molecule has 0 unspecified atom stereocenters. The fourth-order valence-corrected chi connectivity index (χ4v) is 3.40. The van der Waals surface area contributed by atoms with Crippen molar-refractivity contribution in [1.29, 1.82) is 0 Å². The number of methoxy groups -OCH3 is 1. The van der Waals surface area contributed by atoms with Gasteiger partial charge in [0.2, 0.25) is 5.82 Å². The van der Waals surface area contributed by atoms with Crippen molar-refractivity contribution in [1.82, 2.24) is 14.9 Å². The second-order valence-corrected chi connectivity index (χ2v) is 6.41. The van der Waals surface area contributed by atoms with Gasteiger partial charge in [-0.05, 0) is 23.8 Å². The first-order valence-electron chi connectivity index (χ1n) is 8.84. The fraction of sp³-hybridized carbons (Fsp3) is 0.300. The van der Waals surface area contributed by atoms with Crippen LogP contribution < -0.4 is 10.2 Å². The van der Waals surface area contributed by atoms with Crippen LogP contribution in [-0.4, -0.2) is 48.8 Å². The van der Waals surface area contributed by atoms with E-state index in [4.69, 9.17) is 4.74 Å². The van der Waals surface area contributed by atoms with Crippen LogP contribution in [0.15, 0.2) is 48.5 Å². The molecule has 1 aromatic heterocycles. The number of nitrogens with one attached hydrogen (secondary N) is 1. The van der Waals surface area contributed by atoms with Crippen molar-refractivity contribution >= 4 is 22.7 Å². The van der Waals surface area contributed by atoms with E-state index in [-0.39, 0.29) is 0 Å². The third-order valence-corrected chi connectivity index (χ3v) is 4.77. The Morgan fingerprint density at radius 1 is 1.15 bits per heavy atom. The fourth-order valence-electron chi connectivity index (χ4n) is 3.40. The molecule has 2 aromatic carbocycles. The van der Waals surface area contributed by atoms with Crippen molar-refractivity contribution in [2.45, 2.75) is 6.54 Å². The quantitative estimate of drug-likeness (QED) is 0.732. The van der Waals surface area contributed by atoms with Gasteiger partial charge in [0.05, 0.1) is 18.1 Å². The summed E-state index contributed by atoms with van der Waals surface area (Å²) >= 11 is 0. The Kier molecular flexibility index (Phi) is 4.58. The zero-order chi connectivity index (χ0) is 17.9. The number of carbonyl (C=O) groups is 1. The molecule has 0 radical (unpaired) electrons. The van der Waals surface area contributed by atoms with Crippen LogP contribution in [0.4, 0.5) is 5.69 Å². The molecule has 2 heterocycles. The molecule has 6 nitrogen and oxygen atoms in total. The predicted molar refractivity (Wildman–Crippen MR) is 102 cm³/mol. The molecule has 1 fully saturated rings. The molecule has 0 aliphatic carbocycles. The lowest BCUT2D eigenvalue weighted by Crippen LogP contribution is -2.43. The summed E-state index contributed by atoms with van der Waals surface area (Å²) in [5, 5.41) is 3.37. The third-order valence-electron chi connectivity index (χ3n) is 4.77. The summed E-state index contributed by atoms with van der Waals surface area (Å²) < 4.78 is 6.90. The van der Waals surface area contributed by atoms with E-state index in [9.17, 15) is 4.79 Å². The standard InChI is InChI=1S/C20H22N4O2/c1-26-20(25)19-22-17-8-7-16(23-11-9-21-10-12-23)13-18(17)24(19)14-15-5-3-2-4-6-15/h2-8,13,21H,9-12,14H2,1H3. The number of rotatable bonds is 4. The lowest BCUT2D eigenvalue weighted by molar-refractivity contribution is 0.0582. The summed E-state index contributed by atoms with van der Waals surface area (Å²) in [6.07, 6.45) is 0. The number of esters is 1. The number of carbonyl (C=O) groups excluding carboxylic acids is 1. The summed E-state index contributed by atoms with van der Waals surface area (Å²) in [5.41, 5.74) is 4.03. The lowest BCUT2D eigenvalue weighted by Gasteiger charge is -2.29.